The predicted octanol–water partition coefficient (Wildman–Crippen LogP) is 1.15. The van der Waals surface area contributed by atoms with Gasteiger partial charge in [0.05, 0.1) is 6.20 Å². The molecule has 0 unspecified atom stereocenters. The first-order valence-corrected chi connectivity index (χ1v) is 5.75. The molecule has 1 N–H and O–H groups in total. The van der Waals surface area contributed by atoms with E-state index >= 15 is 0 Å². The Bertz CT molecular complexity index is 366. The average molecular weight is 240 g/mol. The average Bonchev–Trinajstić information content (AvgIpc) is 2.59. The van der Waals surface area contributed by atoms with Crippen LogP contribution in [0.2, 0.25) is 0 Å². The number of aliphatic hydroxyl groups excluding tert-OH is 1. The van der Waals surface area contributed by atoms with Gasteiger partial charge in [-0.15, -0.1) is 0 Å². The van der Waals surface area contributed by atoms with Gasteiger partial charge in [-0.2, -0.15) is 5.10 Å². The minimum atomic E-state index is -0.468. The molecule has 5 heteroatoms. The molecule has 1 heterocycles. The fraction of sp³-hybridized carbons (Fsp3) is 0.667. The van der Waals surface area contributed by atoms with Crippen LogP contribution in [0.15, 0.2) is 12.4 Å². The van der Waals surface area contributed by atoms with Crippen molar-refractivity contribution in [1.29, 1.82) is 0 Å². The summed E-state index contributed by atoms with van der Waals surface area (Å²) < 4.78 is 6.75. The SMILES string of the molecule is CC(C)(C)OC(=O)Cn1cc(CCCO)cn1. The topological polar surface area (TPSA) is 64.3 Å². The number of hydrogen-bond donors (Lipinski definition) is 1. The van der Waals surface area contributed by atoms with Gasteiger partial charge >= 0.3 is 5.97 Å². The molecule has 0 radical (unpaired) electrons. The third-order valence-corrected chi connectivity index (χ3v) is 2.02. The lowest BCUT2D eigenvalue weighted by molar-refractivity contribution is -0.155. The van der Waals surface area contributed by atoms with Gasteiger partial charge in [0, 0.05) is 12.8 Å². The second-order valence-corrected chi connectivity index (χ2v) is 4.96. The van der Waals surface area contributed by atoms with Crippen molar-refractivity contribution in [2.45, 2.75) is 45.8 Å². The van der Waals surface area contributed by atoms with Crippen LogP contribution >= 0.6 is 0 Å². The molecule has 0 bridgehead atoms. The number of ether oxygens (including phenoxy) is 1. The van der Waals surface area contributed by atoms with Crippen molar-refractivity contribution >= 4 is 5.97 Å². The molecule has 0 spiro atoms. The lowest BCUT2D eigenvalue weighted by Crippen LogP contribution is -2.26. The fourth-order valence-electron chi connectivity index (χ4n) is 1.41. The second-order valence-electron chi connectivity index (χ2n) is 4.96. The molecule has 0 atom stereocenters. The molecule has 96 valence electrons. The normalized spacial score (nSPS) is 11.5. The summed E-state index contributed by atoms with van der Waals surface area (Å²) >= 11 is 0. The number of aliphatic hydroxyl groups is 1. The van der Waals surface area contributed by atoms with Crippen molar-refractivity contribution < 1.29 is 14.6 Å². The van der Waals surface area contributed by atoms with Crippen LogP contribution in [-0.2, 0) is 22.5 Å². The lowest BCUT2D eigenvalue weighted by Gasteiger charge is -2.19. The summed E-state index contributed by atoms with van der Waals surface area (Å²) in [5.74, 6) is -0.297. The maximum absolute atomic E-state index is 11.5. The number of hydrogen-bond acceptors (Lipinski definition) is 4. The summed E-state index contributed by atoms with van der Waals surface area (Å²) in [5.41, 5.74) is 0.548. The number of carbonyl (C=O) groups is 1. The van der Waals surface area contributed by atoms with Crippen molar-refractivity contribution in [3.8, 4) is 0 Å². The van der Waals surface area contributed by atoms with E-state index in [1.165, 1.54) is 0 Å². The van der Waals surface area contributed by atoms with Crippen LogP contribution in [-0.4, -0.2) is 33.1 Å². The minimum absolute atomic E-state index is 0.121. The molecule has 0 fully saturated rings. The molecule has 1 rings (SSSR count). The third-order valence-electron chi connectivity index (χ3n) is 2.02. The van der Waals surface area contributed by atoms with Gasteiger partial charge in [0.25, 0.3) is 0 Å². The summed E-state index contributed by atoms with van der Waals surface area (Å²) in [6.07, 6.45) is 4.99. The van der Waals surface area contributed by atoms with Crippen LogP contribution in [0.1, 0.15) is 32.8 Å². The summed E-state index contributed by atoms with van der Waals surface area (Å²) in [6, 6.07) is 0. The maximum Gasteiger partial charge on any atom is 0.328 e. The molecule has 1 aromatic heterocycles. The van der Waals surface area contributed by atoms with Crippen LogP contribution in [0, 0.1) is 0 Å². The van der Waals surface area contributed by atoms with Crippen LogP contribution in [0.3, 0.4) is 0 Å². The summed E-state index contributed by atoms with van der Waals surface area (Å²) in [6.45, 7) is 5.79. The van der Waals surface area contributed by atoms with E-state index in [9.17, 15) is 4.79 Å². The number of carbonyl (C=O) groups excluding carboxylic acids is 1. The van der Waals surface area contributed by atoms with Gasteiger partial charge in [-0.25, -0.2) is 0 Å². The first-order chi connectivity index (χ1) is 7.90. The zero-order chi connectivity index (χ0) is 12.9. The smallest absolute Gasteiger partial charge is 0.328 e. The minimum Gasteiger partial charge on any atom is -0.459 e. The van der Waals surface area contributed by atoms with E-state index in [4.69, 9.17) is 9.84 Å². The number of aryl methyl sites for hydroxylation is 1. The van der Waals surface area contributed by atoms with Crippen LogP contribution in [0.5, 0.6) is 0 Å². The summed E-state index contributed by atoms with van der Waals surface area (Å²) in [5, 5.41) is 12.8. The van der Waals surface area contributed by atoms with Gasteiger partial charge in [0.1, 0.15) is 12.1 Å². The maximum atomic E-state index is 11.5. The van der Waals surface area contributed by atoms with E-state index in [2.05, 4.69) is 5.10 Å². The number of nitrogens with zero attached hydrogens (tertiary/aromatic N) is 2. The molecule has 1 aromatic rings. The molecule has 0 aliphatic rings. The van der Waals surface area contributed by atoms with E-state index in [-0.39, 0.29) is 19.1 Å². The van der Waals surface area contributed by atoms with Crippen molar-refractivity contribution in [3.05, 3.63) is 18.0 Å². The van der Waals surface area contributed by atoms with Gasteiger partial charge in [-0.05, 0) is 39.2 Å². The molecule has 0 aliphatic heterocycles. The highest BCUT2D eigenvalue weighted by Crippen LogP contribution is 2.08. The van der Waals surface area contributed by atoms with E-state index in [0.29, 0.717) is 6.42 Å². The monoisotopic (exact) mass is 240 g/mol. The first-order valence-electron chi connectivity index (χ1n) is 5.75. The molecule has 0 aromatic carbocycles. The Labute approximate surface area is 101 Å². The van der Waals surface area contributed by atoms with Crippen LogP contribution in [0.25, 0.3) is 0 Å². The summed E-state index contributed by atoms with van der Waals surface area (Å²) in [4.78, 5) is 11.5. The van der Waals surface area contributed by atoms with Crippen molar-refractivity contribution in [2.24, 2.45) is 0 Å². The van der Waals surface area contributed by atoms with Gasteiger partial charge in [0.2, 0.25) is 0 Å². The number of esters is 1. The Hall–Kier alpha value is -1.36. The van der Waals surface area contributed by atoms with Crippen LogP contribution < -0.4 is 0 Å². The first kappa shape index (κ1) is 13.7. The molecule has 17 heavy (non-hydrogen) atoms. The Balaban J connectivity index is 2.46. The van der Waals surface area contributed by atoms with Gasteiger partial charge in [-0.3, -0.25) is 9.48 Å². The third kappa shape index (κ3) is 5.49. The van der Waals surface area contributed by atoms with E-state index in [1.54, 1.807) is 17.1 Å². The predicted molar refractivity (Wildman–Crippen MR) is 63.5 cm³/mol. The highest BCUT2D eigenvalue weighted by atomic mass is 16.6. The van der Waals surface area contributed by atoms with Gasteiger partial charge < -0.3 is 9.84 Å². The number of aromatic nitrogens is 2. The quantitative estimate of drug-likeness (QED) is 0.784. The van der Waals surface area contributed by atoms with E-state index < -0.39 is 5.60 Å². The van der Waals surface area contributed by atoms with Crippen molar-refractivity contribution in [2.75, 3.05) is 6.61 Å². The highest BCUT2D eigenvalue weighted by molar-refractivity contribution is 5.69. The Morgan fingerprint density at radius 3 is 2.82 bits per heavy atom. The second kappa shape index (κ2) is 5.82. The molecule has 5 nitrogen and oxygen atoms in total. The molecule has 0 saturated heterocycles. The van der Waals surface area contributed by atoms with Gasteiger partial charge in [-0.1, -0.05) is 0 Å². The molecule has 0 saturated carbocycles. The molecular weight excluding hydrogens is 220 g/mol. The Kier molecular flexibility index (Phi) is 4.69. The number of rotatable bonds is 5. The van der Waals surface area contributed by atoms with E-state index in [1.807, 2.05) is 20.8 Å². The highest BCUT2D eigenvalue weighted by Gasteiger charge is 2.16. The summed E-state index contributed by atoms with van der Waals surface area (Å²) in [7, 11) is 0. The largest absolute Gasteiger partial charge is 0.459 e. The van der Waals surface area contributed by atoms with Gasteiger partial charge in [0.15, 0.2) is 0 Å². The molecule has 0 aliphatic carbocycles. The zero-order valence-electron chi connectivity index (χ0n) is 10.6. The van der Waals surface area contributed by atoms with E-state index in [0.717, 1.165) is 12.0 Å². The Morgan fingerprint density at radius 1 is 1.53 bits per heavy atom. The standard InChI is InChI=1S/C12H20N2O3/c1-12(2,3)17-11(16)9-14-8-10(7-13-14)5-4-6-15/h7-8,15H,4-6,9H2,1-3H3. The van der Waals surface area contributed by atoms with Crippen LogP contribution in [0.4, 0.5) is 0 Å². The molecule has 0 amide bonds. The molecular formula is C12H20N2O3. The fourth-order valence-corrected chi connectivity index (χ4v) is 1.41. The van der Waals surface area contributed by atoms with Crippen molar-refractivity contribution in [1.82, 2.24) is 9.78 Å². The van der Waals surface area contributed by atoms with Crippen molar-refractivity contribution in [3.63, 3.8) is 0 Å². The zero-order valence-corrected chi connectivity index (χ0v) is 10.6. The Morgan fingerprint density at radius 2 is 2.24 bits per heavy atom. The lowest BCUT2D eigenvalue weighted by atomic mass is 10.2.